The van der Waals surface area contributed by atoms with Crippen molar-refractivity contribution in [2.45, 2.75) is 44.4 Å². The molecule has 2 N–H and O–H groups in total. The molecule has 0 aromatic heterocycles. The maximum absolute atomic E-state index is 11.2. The first-order chi connectivity index (χ1) is 8.33. The van der Waals surface area contributed by atoms with Gasteiger partial charge < -0.3 is 0 Å². The number of hydrogen-bond acceptors (Lipinski definition) is 2. The maximum atomic E-state index is 11.2. The number of carboxylic acid groups (broad SMARTS) is 2. The monoisotopic (exact) mass is 321 g/mol. The molecule has 0 rings (SSSR count). The SMILES string of the molecule is C[CH]=[Ni](=[CH]C)([CH2]C(=O)O)([CH2]C(=O)O)[PH]CCCC. The van der Waals surface area contributed by atoms with Crippen molar-refractivity contribution < 1.29 is 29.9 Å². The van der Waals surface area contributed by atoms with Crippen LogP contribution in [0.4, 0.5) is 0 Å². The Morgan fingerprint density at radius 3 is 1.83 bits per heavy atom. The second kappa shape index (κ2) is 7.26. The van der Waals surface area contributed by atoms with E-state index in [1.165, 1.54) is 0 Å². The molecule has 111 valence electrons. The number of aliphatic carboxylic acids is 2. The third kappa shape index (κ3) is 4.70. The molecule has 0 amide bonds. The first-order valence-electron chi connectivity index (χ1n) is 5.75. The van der Waals surface area contributed by atoms with Crippen LogP contribution in [0, 0.1) is 0 Å². The first-order valence-corrected chi connectivity index (χ1v) is 10.8. The Hall–Kier alpha value is -0.396. The van der Waals surface area contributed by atoms with Crippen LogP contribution in [0.1, 0.15) is 33.6 Å². The molecule has 0 aliphatic rings. The Morgan fingerprint density at radius 1 is 1.11 bits per heavy atom. The molecule has 0 aromatic carbocycles. The summed E-state index contributed by atoms with van der Waals surface area (Å²) in [5.74, 6) is -1.80. The van der Waals surface area contributed by atoms with E-state index >= 15 is 0 Å². The zero-order chi connectivity index (χ0) is 14.3. The van der Waals surface area contributed by atoms with Crippen molar-refractivity contribution in [2.24, 2.45) is 0 Å². The van der Waals surface area contributed by atoms with Crippen LogP contribution in [0.25, 0.3) is 0 Å². The molecule has 0 aromatic rings. The second-order valence-corrected chi connectivity index (χ2v) is 14.4. The third-order valence-electron chi connectivity index (χ3n) is 2.53. The van der Waals surface area contributed by atoms with E-state index in [1.54, 1.807) is 0 Å². The zero-order valence-corrected chi connectivity index (χ0v) is 13.2. The van der Waals surface area contributed by atoms with Crippen LogP contribution in [-0.4, -0.2) is 38.3 Å². The molecule has 0 aliphatic heterocycles. The van der Waals surface area contributed by atoms with Gasteiger partial charge in [0, 0.05) is 0 Å². The average molecular weight is 322 g/mol. The van der Waals surface area contributed by atoms with Crippen LogP contribution in [0.5, 0.6) is 0 Å². The Bertz CT molecular complexity index is 417. The van der Waals surface area contributed by atoms with Gasteiger partial charge in [0.2, 0.25) is 0 Å². The zero-order valence-electron chi connectivity index (χ0n) is 11.2. The fourth-order valence-electron chi connectivity index (χ4n) is 1.50. The van der Waals surface area contributed by atoms with Gasteiger partial charge in [-0.15, -0.1) is 0 Å². The van der Waals surface area contributed by atoms with Crippen molar-refractivity contribution in [1.82, 2.24) is 0 Å². The van der Waals surface area contributed by atoms with Crippen molar-refractivity contribution in [1.29, 1.82) is 0 Å². The molecule has 0 fully saturated rings. The summed E-state index contributed by atoms with van der Waals surface area (Å²) in [5.41, 5.74) is 0. The predicted molar refractivity (Wildman–Crippen MR) is 76.5 cm³/mol. The Morgan fingerprint density at radius 2 is 1.56 bits per heavy atom. The van der Waals surface area contributed by atoms with Gasteiger partial charge in [-0.3, -0.25) is 0 Å². The van der Waals surface area contributed by atoms with E-state index in [9.17, 15) is 9.59 Å². The van der Waals surface area contributed by atoms with Gasteiger partial charge in [-0.1, -0.05) is 0 Å². The van der Waals surface area contributed by atoms with Crippen molar-refractivity contribution in [3.05, 3.63) is 0 Å². The number of hydrogen-bond donors (Lipinski definition) is 2. The Balaban J connectivity index is 5.59. The Labute approximate surface area is 110 Å². The summed E-state index contributed by atoms with van der Waals surface area (Å²) in [5, 5.41) is 18.2. The van der Waals surface area contributed by atoms with E-state index in [4.69, 9.17) is 10.2 Å². The molecule has 18 heavy (non-hydrogen) atoms. The van der Waals surface area contributed by atoms with Gasteiger partial charge in [-0.05, 0) is 0 Å². The van der Waals surface area contributed by atoms with Gasteiger partial charge in [0.05, 0.1) is 0 Å². The van der Waals surface area contributed by atoms with Gasteiger partial charge in [0.25, 0.3) is 0 Å². The van der Waals surface area contributed by atoms with Gasteiger partial charge in [0.15, 0.2) is 0 Å². The molecule has 0 spiro atoms. The normalized spacial score (nSPS) is 14.1. The van der Waals surface area contributed by atoms with Crippen LogP contribution >= 0.6 is 7.35 Å². The van der Waals surface area contributed by atoms with Crippen molar-refractivity contribution in [3.8, 4) is 0 Å². The van der Waals surface area contributed by atoms with E-state index in [-0.39, 0.29) is 10.8 Å². The summed E-state index contributed by atoms with van der Waals surface area (Å²) in [6, 6.07) is 0. The molecule has 0 radical (unpaired) electrons. The second-order valence-electron chi connectivity index (χ2n) is 3.78. The summed E-state index contributed by atoms with van der Waals surface area (Å²) >= 11 is 0. The van der Waals surface area contributed by atoms with Gasteiger partial charge in [-0.25, -0.2) is 0 Å². The van der Waals surface area contributed by atoms with Gasteiger partial charge in [-0.2, -0.15) is 0 Å². The van der Waals surface area contributed by atoms with Crippen molar-refractivity contribution in [3.63, 3.8) is 0 Å². The minimum atomic E-state index is -2.68. The van der Waals surface area contributed by atoms with Crippen molar-refractivity contribution >= 4 is 29.3 Å². The van der Waals surface area contributed by atoms with E-state index in [0.29, 0.717) is 7.35 Å². The molecule has 0 saturated heterocycles. The molecular formula is C12H24NiO4P. The molecule has 0 saturated carbocycles. The fourth-order valence-corrected chi connectivity index (χ4v) is 10.6. The Kier molecular flexibility index (Phi) is 7.10. The quantitative estimate of drug-likeness (QED) is 0.409. The van der Waals surface area contributed by atoms with E-state index in [2.05, 4.69) is 6.92 Å². The number of carbonyl (C=O) groups is 2. The average Bonchev–Trinajstić information content (AvgIpc) is 2.28. The van der Waals surface area contributed by atoms with Crippen LogP contribution in [0.2, 0.25) is 10.8 Å². The van der Waals surface area contributed by atoms with E-state index in [0.717, 1.165) is 19.0 Å². The minimum absolute atomic E-state index is 0.0347. The number of carboxylic acids is 2. The summed E-state index contributed by atoms with van der Waals surface area (Å²) in [6.45, 7) is 5.71. The molecule has 0 heterocycles. The van der Waals surface area contributed by atoms with Crippen molar-refractivity contribution in [2.75, 3.05) is 6.16 Å². The number of unbranched alkanes of at least 4 members (excludes halogenated alkanes) is 1. The standard InChI is InChI=1S/C4H10P.2C2H3O2.2C2H4.Ni/c1-2-3-4-5;2*1-2(3)4;2*1-2;/h5H,2-4H2,1H3;2*1H2,(H,3,4);2*1H,2H3;/q-1;;;;;+1. The predicted octanol–water partition coefficient (Wildman–Crippen LogP) is 2.72. The summed E-state index contributed by atoms with van der Waals surface area (Å²) < 4.78 is 0. The third-order valence-corrected chi connectivity index (χ3v) is 14.6. The molecule has 1 unspecified atom stereocenters. The van der Waals surface area contributed by atoms with Crippen LogP contribution in [0.15, 0.2) is 0 Å². The van der Waals surface area contributed by atoms with Crippen LogP contribution < -0.4 is 0 Å². The van der Waals surface area contributed by atoms with E-state index < -0.39 is 22.0 Å². The topological polar surface area (TPSA) is 74.6 Å². The summed E-state index contributed by atoms with van der Waals surface area (Å²) in [6.07, 6.45) is 2.98. The van der Waals surface area contributed by atoms with E-state index in [1.807, 2.05) is 23.8 Å². The van der Waals surface area contributed by atoms with Crippen LogP contribution in [-0.2, 0) is 19.6 Å². The van der Waals surface area contributed by atoms with Crippen LogP contribution in [0.3, 0.4) is 0 Å². The molecule has 0 aliphatic carbocycles. The van der Waals surface area contributed by atoms with Gasteiger partial charge >= 0.3 is 110 Å². The molecule has 4 nitrogen and oxygen atoms in total. The van der Waals surface area contributed by atoms with Gasteiger partial charge in [0.1, 0.15) is 0 Å². The fraction of sp³-hybridized carbons (Fsp3) is 0.667. The summed E-state index contributed by atoms with van der Waals surface area (Å²) in [7, 11) is -2.28. The molecular weight excluding hydrogens is 298 g/mol. The number of rotatable bonds is 8. The molecule has 6 heteroatoms. The summed E-state index contributed by atoms with van der Waals surface area (Å²) in [4.78, 5) is 26.1. The molecule has 1 atom stereocenters. The first kappa shape index (κ1) is 17.6. The molecule has 0 bridgehead atoms.